The van der Waals surface area contributed by atoms with E-state index in [1.54, 1.807) is 0 Å². The number of nitrogens with zero attached hydrogens (tertiary/aromatic N) is 1. The van der Waals surface area contributed by atoms with Crippen LogP contribution in [0.4, 0.5) is 0 Å². The van der Waals surface area contributed by atoms with Crippen molar-refractivity contribution < 1.29 is 9.59 Å². The quantitative estimate of drug-likeness (QED) is 0.451. The molecule has 0 bridgehead atoms. The van der Waals surface area contributed by atoms with Crippen LogP contribution in [0.15, 0.2) is 0 Å². The lowest BCUT2D eigenvalue weighted by Gasteiger charge is -2.31. The van der Waals surface area contributed by atoms with Gasteiger partial charge in [-0.1, -0.05) is 39.5 Å². The third-order valence-corrected chi connectivity index (χ3v) is 3.29. The fourth-order valence-corrected chi connectivity index (χ4v) is 2.11. The minimum absolute atomic E-state index is 0.130. The first-order chi connectivity index (χ1) is 7.52. The molecule has 1 N–H and O–H groups in total. The summed E-state index contributed by atoms with van der Waals surface area (Å²) in [5, 5.41) is 9.65. The maximum atomic E-state index is 9.65. The first kappa shape index (κ1) is 15.9. The molecule has 0 fully saturated rings. The molecule has 0 spiro atoms. The van der Waals surface area contributed by atoms with Crippen LogP contribution in [-0.4, -0.2) is 42.9 Å². The Labute approximate surface area is 102 Å². The lowest BCUT2D eigenvalue weighted by atomic mass is 10.1. The number of likely N-dealkylation sites (N-methyl/N-ethyl adjacent to an activating group) is 1. The number of rotatable bonds is 10. The highest BCUT2D eigenvalue weighted by Crippen LogP contribution is 2.09. The average Bonchev–Trinajstić information content (AvgIpc) is 2.22. The van der Waals surface area contributed by atoms with Crippen molar-refractivity contribution >= 4 is 0 Å². The lowest BCUT2D eigenvalue weighted by Crippen LogP contribution is -2.45. The molecular weight excluding hydrogens is 198 g/mol. The van der Waals surface area contributed by atoms with Crippen molar-refractivity contribution in [2.24, 2.45) is 0 Å². The molecule has 2 heteroatoms. The normalized spacial score (nSPS) is 14.1. The number of quaternary nitrogens is 1. The smallest absolute Gasteiger partial charge is 0.105 e. The van der Waals surface area contributed by atoms with E-state index in [0.29, 0.717) is 0 Å². The molecule has 0 aromatic rings. The molecule has 0 heterocycles. The van der Waals surface area contributed by atoms with E-state index in [2.05, 4.69) is 27.9 Å². The molecular formula is C14H32NO+. The SMILES string of the molecule is CCCCCCCC[N+](C)(C)CC(O)CC. The summed E-state index contributed by atoms with van der Waals surface area (Å²) >= 11 is 0. The lowest BCUT2D eigenvalue weighted by molar-refractivity contribution is -0.893. The van der Waals surface area contributed by atoms with Gasteiger partial charge in [0.05, 0.1) is 20.6 Å². The van der Waals surface area contributed by atoms with Gasteiger partial charge in [-0.05, 0) is 19.3 Å². The molecule has 1 unspecified atom stereocenters. The van der Waals surface area contributed by atoms with Gasteiger partial charge in [-0.25, -0.2) is 0 Å². The van der Waals surface area contributed by atoms with E-state index in [0.717, 1.165) is 17.4 Å². The molecule has 0 saturated heterocycles. The number of hydrogen-bond acceptors (Lipinski definition) is 1. The summed E-state index contributed by atoms with van der Waals surface area (Å²) in [6.07, 6.45) is 8.87. The van der Waals surface area contributed by atoms with Crippen molar-refractivity contribution in [1.82, 2.24) is 0 Å². The van der Waals surface area contributed by atoms with Crippen molar-refractivity contribution in [1.29, 1.82) is 0 Å². The topological polar surface area (TPSA) is 20.2 Å². The van der Waals surface area contributed by atoms with E-state index in [4.69, 9.17) is 0 Å². The summed E-state index contributed by atoms with van der Waals surface area (Å²) in [4.78, 5) is 0. The third kappa shape index (κ3) is 9.17. The standard InChI is InChI=1S/C14H32NO/c1-5-7-8-9-10-11-12-15(3,4)13-14(16)6-2/h14,16H,5-13H2,1-4H3/q+1. The van der Waals surface area contributed by atoms with Gasteiger partial charge in [-0.15, -0.1) is 0 Å². The molecule has 0 aliphatic carbocycles. The van der Waals surface area contributed by atoms with Crippen LogP contribution in [0.2, 0.25) is 0 Å². The first-order valence-corrected chi connectivity index (χ1v) is 7.02. The van der Waals surface area contributed by atoms with E-state index in [1.165, 1.54) is 45.1 Å². The summed E-state index contributed by atoms with van der Waals surface area (Å²) in [7, 11) is 4.45. The maximum Gasteiger partial charge on any atom is 0.105 e. The van der Waals surface area contributed by atoms with Crippen LogP contribution in [-0.2, 0) is 0 Å². The Morgan fingerprint density at radius 1 is 0.938 bits per heavy atom. The van der Waals surface area contributed by atoms with Gasteiger partial charge >= 0.3 is 0 Å². The number of hydrogen-bond donors (Lipinski definition) is 1. The fourth-order valence-electron chi connectivity index (χ4n) is 2.11. The van der Waals surface area contributed by atoms with Crippen LogP contribution in [0.3, 0.4) is 0 Å². The Balaban J connectivity index is 3.50. The Hall–Kier alpha value is -0.0800. The molecule has 0 rings (SSSR count). The number of unbranched alkanes of at least 4 members (excludes halogenated alkanes) is 5. The number of aliphatic hydroxyl groups is 1. The molecule has 0 aliphatic heterocycles. The predicted octanol–water partition coefficient (Wildman–Crippen LogP) is 3.19. The van der Waals surface area contributed by atoms with Gasteiger partial charge in [0.1, 0.15) is 12.6 Å². The van der Waals surface area contributed by atoms with Gasteiger partial charge < -0.3 is 9.59 Å². The zero-order chi connectivity index (χ0) is 12.4. The molecule has 16 heavy (non-hydrogen) atoms. The van der Waals surface area contributed by atoms with Crippen LogP contribution < -0.4 is 0 Å². The minimum Gasteiger partial charge on any atom is -0.387 e. The van der Waals surface area contributed by atoms with Crippen LogP contribution >= 0.6 is 0 Å². The summed E-state index contributed by atoms with van der Waals surface area (Å²) in [6.45, 7) is 6.40. The van der Waals surface area contributed by atoms with Crippen molar-refractivity contribution in [3.63, 3.8) is 0 Å². The molecule has 0 aliphatic rings. The molecule has 0 saturated carbocycles. The van der Waals surface area contributed by atoms with E-state index in [1.807, 2.05) is 0 Å². The molecule has 0 aromatic carbocycles. The van der Waals surface area contributed by atoms with Gasteiger partial charge in [0.25, 0.3) is 0 Å². The van der Waals surface area contributed by atoms with Gasteiger partial charge in [0.2, 0.25) is 0 Å². The third-order valence-electron chi connectivity index (χ3n) is 3.29. The van der Waals surface area contributed by atoms with E-state index < -0.39 is 0 Å². The average molecular weight is 230 g/mol. The highest BCUT2D eigenvalue weighted by Gasteiger charge is 2.18. The molecule has 1 atom stereocenters. The second-order valence-electron chi connectivity index (χ2n) is 5.67. The second kappa shape index (κ2) is 9.00. The molecule has 0 radical (unpaired) electrons. The maximum absolute atomic E-state index is 9.65. The Morgan fingerprint density at radius 2 is 1.50 bits per heavy atom. The zero-order valence-electron chi connectivity index (χ0n) is 11.8. The molecule has 0 amide bonds. The summed E-state index contributed by atoms with van der Waals surface area (Å²) in [6, 6.07) is 0. The minimum atomic E-state index is -0.130. The molecule has 0 aromatic heterocycles. The van der Waals surface area contributed by atoms with Crippen molar-refractivity contribution in [2.75, 3.05) is 27.2 Å². The fraction of sp³-hybridized carbons (Fsp3) is 1.00. The summed E-state index contributed by atoms with van der Waals surface area (Å²) in [5.74, 6) is 0. The number of aliphatic hydroxyl groups excluding tert-OH is 1. The highest BCUT2D eigenvalue weighted by molar-refractivity contribution is 4.50. The van der Waals surface area contributed by atoms with Crippen molar-refractivity contribution in [3.8, 4) is 0 Å². The van der Waals surface area contributed by atoms with E-state index in [9.17, 15) is 5.11 Å². The largest absolute Gasteiger partial charge is 0.387 e. The van der Waals surface area contributed by atoms with Gasteiger partial charge in [-0.3, -0.25) is 0 Å². The summed E-state index contributed by atoms with van der Waals surface area (Å²) in [5.41, 5.74) is 0. The van der Waals surface area contributed by atoms with Crippen LogP contribution in [0, 0.1) is 0 Å². The van der Waals surface area contributed by atoms with Crippen molar-refractivity contribution in [3.05, 3.63) is 0 Å². The molecule has 98 valence electrons. The first-order valence-electron chi connectivity index (χ1n) is 7.02. The second-order valence-corrected chi connectivity index (χ2v) is 5.67. The van der Waals surface area contributed by atoms with E-state index in [-0.39, 0.29) is 6.10 Å². The predicted molar refractivity (Wildman–Crippen MR) is 71.5 cm³/mol. The zero-order valence-corrected chi connectivity index (χ0v) is 11.8. The van der Waals surface area contributed by atoms with Gasteiger partial charge in [0, 0.05) is 0 Å². The van der Waals surface area contributed by atoms with Gasteiger partial charge in [-0.2, -0.15) is 0 Å². The Bertz CT molecular complexity index is 157. The Morgan fingerprint density at radius 3 is 2.06 bits per heavy atom. The van der Waals surface area contributed by atoms with Crippen LogP contribution in [0.5, 0.6) is 0 Å². The highest BCUT2D eigenvalue weighted by atomic mass is 16.3. The monoisotopic (exact) mass is 230 g/mol. The Kier molecular flexibility index (Phi) is 8.96. The van der Waals surface area contributed by atoms with Crippen molar-refractivity contribution in [2.45, 2.75) is 64.9 Å². The van der Waals surface area contributed by atoms with Crippen LogP contribution in [0.25, 0.3) is 0 Å². The summed E-state index contributed by atoms with van der Waals surface area (Å²) < 4.78 is 0.961. The van der Waals surface area contributed by atoms with E-state index >= 15 is 0 Å². The van der Waals surface area contributed by atoms with Gasteiger partial charge in [0.15, 0.2) is 0 Å². The molecule has 2 nitrogen and oxygen atoms in total. The van der Waals surface area contributed by atoms with Crippen LogP contribution in [0.1, 0.15) is 58.8 Å².